The topological polar surface area (TPSA) is 0 Å². The maximum Gasteiger partial charge on any atom is 2.00 e. The maximum atomic E-state index is 2.36. The van der Waals surface area contributed by atoms with Crippen LogP contribution >= 0.6 is 0 Å². The molecule has 1 aliphatic rings. The van der Waals surface area contributed by atoms with Crippen LogP contribution in [0.25, 0.3) is 0 Å². The van der Waals surface area contributed by atoms with Gasteiger partial charge < -0.3 is 13.8 Å². The van der Waals surface area contributed by atoms with Crippen molar-refractivity contribution in [3.63, 3.8) is 0 Å². The van der Waals surface area contributed by atoms with E-state index in [1.165, 1.54) is 25.7 Å². The van der Waals surface area contributed by atoms with E-state index in [1.807, 2.05) is 0 Å². The largest absolute Gasteiger partial charge is 2.00 e. The van der Waals surface area contributed by atoms with E-state index < -0.39 is 0 Å². The second-order valence-electron chi connectivity index (χ2n) is 1.57. The fourth-order valence-electron chi connectivity index (χ4n) is 0.722. The summed E-state index contributed by atoms with van der Waals surface area (Å²) in [6.45, 7) is 0. The molecule has 0 nitrogen and oxygen atoms in total. The average molecular weight is 140 g/mol. The van der Waals surface area contributed by atoms with E-state index in [4.69, 9.17) is 0 Å². The standard InChI is InChI=1S/C5H9.CH3.Fe/c1-2-4-5-3-1;;/h1H,2-5H2;1H3;/q2*-1;+2. The first kappa shape index (κ1) is 10.5. The van der Waals surface area contributed by atoms with Crippen LogP contribution < -0.4 is 0 Å². The Bertz CT molecular complexity index is 15.8. The van der Waals surface area contributed by atoms with Gasteiger partial charge in [0.25, 0.3) is 0 Å². The summed E-state index contributed by atoms with van der Waals surface area (Å²) in [4.78, 5) is 0. The minimum absolute atomic E-state index is 0. The molecular weight excluding hydrogens is 128 g/mol. The van der Waals surface area contributed by atoms with Gasteiger partial charge in [0, 0.05) is 0 Å². The van der Waals surface area contributed by atoms with Gasteiger partial charge in [0.15, 0.2) is 0 Å². The van der Waals surface area contributed by atoms with Gasteiger partial charge in [-0.2, -0.15) is 12.8 Å². The molecule has 0 saturated heterocycles. The molecule has 44 valence electrons. The van der Waals surface area contributed by atoms with E-state index >= 15 is 0 Å². The summed E-state index contributed by atoms with van der Waals surface area (Å²) in [7, 11) is 0. The normalized spacial score (nSPS) is 17.1. The van der Waals surface area contributed by atoms with Crippen LogP contribution in [0.3, 0.4) is 0 Å². The van der Waals surface area contributed by atoms with Crippen molar-refractivity contribution >= 4 is 0 Å². The molecule has 0 heterocycles. The van der Waals surface area contributed by atoms with E-state index in [1.54, 1.807) is 0 Å². The summed E-state index contributed by atoms with van der Waals surface area (Å²) in [5.74, 6) is 0. The molecule has 0 aromatic carbocycles. The zero-order valence-corrected chi connectivity index (χ0v) is 5.86. The van der Waals surface area contributed by atoms with Gasteiger partial charge >= 0.3 is 17.1 Å². The first-order chi connectivity index (χ1) is 2.50. The summed E-state index contributed by atoms with van der Waals surface area (Å²) in [6.07, 6.45) is 8.00. The Morgan fingerprint density at radius 2 is 1.43 bits per heavy atom. The third-order valence-corrected chi connectivity index (χ3v) is 1.07. The molecule has 1 saturated carbocycles. The van der Waals surface area contributed by atoms with Crippen molar-refractivity contribution in [2.45, 2.75) is 25.7 Å². The van der Waals surface area contributed by atoms with E-state index in [-0.39, 0.29) is 24.5 Å². The summed E-state index contributed by atoms with van der Waals surface area (Å²) in [6, 6.07) is 0. The molecule has 0 N–H and O–H groups in total. The molecule has 0 atom stereocenters. The number of hydrogen-bond acceptors (Lipinski definition) is 0. The van der Waals surface area contributed by atoms with E-state index in [9.17, 15) is 0 Å². The van der Waals surface area contributed by atoms with Crippen molar-refractivity contribution in [2.75, 3.05) is 0 Å². The third-order valence-electron chi connectivity index (χ3n) is 1.07. The Morgan fingerprint density at radius 3 is 1.57 bits per heavy atom. The fourth-order valence-corrected chi connectivity index (χ4v) is 0.722. The van der Waals surface area contributed by atoms with E-state index in [0.29, 0.717) is 0 Å². The van der Waals surface area contributed by atoms with Gasteiger partial charge in [-0.1, -0.05) is 12.8 Å². The van der Waals surface area contributed by atoms with Gasteiger partial charge in [-0.25, -0.2) is 0 Å². The first-order valence-corrected chi connectivity index (χ1v) is 2.32. The maximum absolute atomic E-state index is 2.36. The molecule has 7 heavy (non-hydrogen) atoms. The summed E-state index contributed by atoms with van der Waals surface area (Å²) in [5, 5.41) is 0. The zero-order chi connectivity index (χ0) is 3.54. The molecule has 1 rings (SSSR count). The van der Waals surface area contributed by atoms with E-state index in [0.717, 1.165) is 0 Å². The predicted octanol–water partition coefficient (Wildman–Crippen LogP) is 2.21. The van der Waals surface area contributed by atoms with Gasteiger partial charge in [-0.3, -0.25) is 0 Å². The monoisotopic (exact) mass is 140 g/mol. The van der Waals surface area contributed by atoms with E-state index in [2.05, 4.69) is 6.42 Å². The van der Waals surface area contributed by atoms with Crippen LogP contribution in [0, 0.1) is 13.8 Å². The molecule has 0 unspecified atom stereocenters. The number of rotatable bonds is 0. The fraction of sp³-hybridized carbons (Fsp3) is 0.667. The molecule has 1 heteroatoms. The SMILES string of the molecule is [CH-]1CCCC1.[CH3-].[Fe+2]. The molecule has 0 aliphatic heterocycles. The molecule has 1 fully saturated rings. The number of hydrogen-bond donors (Lipinski definition) is 0. The van der Waals surface area contributed by atoms with Crippen LogP contribution in [0.5, 0.6) is 0 Å². The van der Waals surface area contributed by atoms with Crippen molar-refractivity contribution in [3.8, 4) is 0 Å². The van der Waals surface area contributed by atoms with Crippen molar-refractivity contribution in [1.82, 2.24) is 0 Å². The molecule has 0 aromatic rings. The summed E-state index contributed by atoms with van der Waals surface area (Å²) in [5.41, 5.74) is 0. The van der Waals surface area contributed by atoms with Crippen LogP contribution in [0.2, 0.25) is 0 Å². The Kier molecular flexibility index (Phi) is 9.77. The minimum atomic E-state index is 0. The minimum Gasteiger partial charge on any atom is -0.358 e. The quantitative estimate of drug-likeness (QED) is 0.357. The molecular formula is C6H12Fe. The van der Waals surface area contributed by atoms with Gasteiger partial charge in [-0.15, -0.1) is 0 Å². The van der Waals surface area contributed by atoms with Gasteiger partial charge in [0.1, 0.15) is 0 Å². The van der Waals surface area contributed by atoms with Crippen LogP contribution in [0.15, 0.2) is 0 Å². The third kappa shape index (κ3) is 4.37. The van der Waals surface area contributed by atoms with Crippen molar-refractivity contribution in [2.24, 2.45) is 0 Å². The van der Waals surface area contributed by atoms with Crippen LogP contribution in [0.4, 0.5) is 0 Å². The Morgan fingerprint density at radius 1 is 1.00 bits per heavy atom. The smallest absolute Gasteiger partial charge is 0.358 e. The molecule has 0 bridgehead atoms. The predicted molar refractivity (Wildman–Crippen MR) is 29.2 cm³/mol. The molecule has 0 spiro atoms. The van der Waals surface area contributed by atoms with Gasteiger partial charge in [-0.05, 0) is 0 Å². The van der Waals surface area contributed by atoms with Crippen molar-refractivity contribution in [3.05, 3.63) is 13.8 Å². The molecule has 1 aliphatic carbocycles. The first-order valence-electron chi connectivity index (χ1n) is 2.32. The summed E-state index contributed by atoms with van der Waals surface area (Å²) < 4.78 is 0. The van der Waals surface area contributed by atoms with Crippen LogP contribution in [0.1, 0.15) is 25.7 Å². The zero-order valence-electron chi connectivity index (χ0n) is 4.76. The van der Waals surface area contributed by atoms with Crippen LogP contribution in [-0.4, -0.2) is 0 Å². The van der Waals surface area contributed by atoms with Crippen LogP contribution in [-0.2, 0) is 17.1 Å². The Balaban J connectivity index is 0. The second-order valence-corrected chi connectivity index (χ2v) is 1.57. The molecule has 0 aromatic heterocycles. The molecule has 0 amide bonds. The molecule has 0 radical (unpaired) electrons. The average Bonchev–Trinajstić information content (AvgIpc) is 1.76. The van der Waals surface area contributed by atoms with Crippen molar-refractivity contribution < 1.29 is 17.1 Å². The second kappa shape index (κ2) is 6.52. The van der Waals surface area contributed by atoms with Gasteiger partial charge in [0.05, 0.1) is 0 Å². The van der Waals surface area contributed by atoms with Gasteiger partial charge in [0.2, 0.25) is 0 Å². The van der Waals surface area contributed by atoms with Crippen molar-refractivity contribution in [1.29, 1.82) is 0 Å². The Labute approximate surface area is 57.2 Å². The Hall–Kier alpha value is 0.519. The summed E-state index contributed by atoms with van der Waals surface area (Å²) >= 11 is 0.